The van der Waals surface area contributed by atoms with Crippen molar-refractivity contribution in [3.63, 3.8) is 0 Å². The molecule has 1 heterocycles. The summed E-state index contributed by atoms with van der Waals surface area (Å²) in [5.74, 6) is -1.58. The Morgan fingerprint density at radius 1 is 1.18 bits per heavy atom. The minimum absolute atomic E-state index is 0.0622. The van der Waals surface area contributed by atoms with Gasteiger partial charge in [-0.15, -0.1) is 0 Å². The van der Waals surface area contributed by atoms with Crippen LogP contribution in [-0.4, -0.2) is 21.9 Å². The van der Waals surface area contributed by atoms with Gasteiger partial charge >= 0.3 is 12.1 Å². The first-order valence-corrected chi connectivity index (χ1v) is 6.00. The summed E-state index contributed by atoms with van der Waals surface area (Å²) >= 11 is 0. The van der Waals surface area contributed by atoms with Crippen molar-refractivity contribution in [1.82, 2.24) is 4.98 Å². The minimum atomic E-state index is -4.58. The number of anilines is 1. The number of hydrogen-bond donors (Lipinski definition) is 3. The number of alkyl halides is 3. The topological polar surface area (TPSA) is 86.1 Å². The number of aromatic nitrogens is 1. The quantitative estimate of drug-likeness (QED) is 0.600. The molecule has 0 aliphatic rings. The van der Waals surface area contributed by atoms with E-state index in [0.29, 0.717) is 0 Å². The van der Waals surface area contributed by atoms with Crippen LogP contribution in [0.3, 0.4) is 0 Å². The monoisotopic (exact) mass is 309 g/mol. The van der Waals surface area contributed by atoms with Crippen LogP contribution in [0.1, 0.15) is 21.5 Å². The molecule has 2 rings (SSSR count). The van der Waals surface area contributed by atoms with E-state index in [1.165, 1.54) is 30.3 Å². The number of carbonyl (C=O) groups is 1. The van der Waals surface area contributed by atoms with Gasteiger partial charge in [-0.2, -0.15) is 13.2 Å². The van der Waals surface area contributed by atoms with Gasteiger partial charge in [0.05, 0.1) is 11.1 Å². The highest BCUT2D eigenvalue weighted by Crippen LogP contribution is 2.32. The number of nitrogens with zero attached hydrogens (tertiary/aromatic N) is 1. The Morgan fingerprint density at radius 3 is 2.41 bits per heavy atom. The highest BCUT2D eigenvalue weighted by atomic mass is 19.4. The molecule has 2 aromatic rings. The summed E-state index contributed by atoms with van der Waals surface area (Å²) in [6, 6.07) is 7.19. The molecule has 0 radical (unpaired) electrons. The fourth-order valence-electron chi connectivity index (χ4n) is 1.74. The van der Waals surface area contributed by atoms with E-state index < -0.39 is 23.5 Å². The molecule has 0 spiro atoms. The van der Waals surface area contributed by atoms with Gasteiger partial charge < -0.3 is 10.4 Å². The predicted molar refractivity (Wildman–Crippen MR) is 73.1 cm³/mol. The Bertz CT molecular complexity index is 712. The normalized spacial score (nSPS) is 11.0. The van der Waals surface area contributed by atoms with Gasteiger partial charge in [0.2, 0.25) is 0 Å². The van der Waals surface area contributed by atoms with Gasteiger partial charge in [0, 0.05) is 11.8 Å². The second-order valence-corrected chi connectivity index (χ2v) is 4.28. The molecule has 114 valence electrons. The maximum absolute atomic E-state index is 12.9. The number of hydrogen-bond acceptors (Lipinski definition) is 3. The van der Waals surface area contributed by atoms with Crippen LogP contribution in [0.25, 0.3) is 0 Å². The van der Waals surface area contributed by atoms with Crippen LogP contribution in [0, 0.1) is 5.41 Å². The molecule has 1 aromatic heterocycles. The zero-order valence-corrected chi connectivity index (χ0v) is 11.0. The Morgan fingerprint density at radius 2 is 1.86 bits per heavy atom. The van der Waals surface area contributed by atoms with E-state index in [1.54, 1.807) is 0 Å². The summed E-state index contributed by atoms with van der Waals surface area (Å²) in [6.07, 6.45) is -3.53. The number of benzene rings is 1. The number of aromatic carboxylic acids is 1. The third kappa shape index (κ3) is 3.40. The van der Waals surface area contributed by atoms with Crippen LogP contribution in [0.4, 0.5) is 19.0 Å². The van der Waals surface area contributed by atoms with Crippen molar-refractivity contribution in [3.05, 3.63) is 59.3 Å². The van der Waals surface area contributed by atoms with Crippen molar-refractivity contribution in [3.8, 4) is 0 Å². The standard InChI is InChI=1S/C14H10F3N3O2/c15-14(16,17)10-4-2-1-3-9(10)12(18)20-11-6-5-8(7-19-11)13(21)22/h1-7H,(H,21,22)(H2,18,19,20). The first-order valence-electron chi connectivity index (χ1n) is 6.00. The van der Waals surface area contributed by atoms with Gasteiger partial charge in [-0.25, -0.2) is 9.78 Å². The van der Waals surface area contributed by atoms with Crippen molar-refractivity contribution in [2.45, 2.75) is 6.18 Å². The predicted octanol–water partition coefficient (Wildman–Crippen LogP) is 3.24. The molecular formula is C14H10F3N3O2. The van der Waals surface area contributed by atoms with Crippen LogP contribution >= 0.6 is 0 Å². The van der Waals surface area contributed by atoms with Crippen LogP contribution in [0.2, 0.25) is 0 Å². The summed E-state index contributed by atoms with van der Waals surface area (Å²) in [7, 11) is 0. The molecule has 1 aromatic carbocycles. The maximum atomic E-state index is 12.9. The van der Waals surface area contributed by atoms with Gasteiger partial charge in [0.1, 0.15) is 11.7 Å². The molecule has 0 unspecified atom stereocenters. The molecule has 22 heavy (non-hydrogen) atoms. The number of carboxylic acids is 1. The molecule has 0 saturated carbocycles. The van der Waals surface area contributed by atoms with Crippen LogP contribution in [0.15, 0.2) is 42.6 Å². The highest BCUT2D eigenvalue weighted by molar-refractivity contribution is 6.06. The van der Waals surface area contributed by atoms with Gasteiger partial charge in [-0.1, -0.05) is 18.2 Å². The fourth-order valence-corrected chi connectivity index (χ4v) is 1.74. The number of pyridine rings is 1. The number of nitrogens with one attached hydrogen (secondary N) is 2. The van der Waals surface area contributed by atoms with Crippen LogP contribution in [-0.2, 0) is 6.18 Å². The Hall–Kier alpha value is -2.90. The number of carboxylic acid groups (broad SMARTS) is 1. The Labute approximate surface area is 122 Å². The second-order valence-electron chi connectivity index (χ2n) is 4.28. The molecule has 0 aliphatic carbocycles. The van der Waals surface area contributed by atoms with Crippen molar-refractivity contribution in [1.29, 1.82) is 5.41 Å². The van der Waals surface area contributed by atoms with E-state index in [2.05, 4.69) is 10.3 Å². The molecule has 0 aliphatic heterocycles. The lowest BCUT2D eigenvalue weighted by atomic mass is 10.1. The molecule has 0 bridgehead atoms. The fraction of sp³-hybridized carbons (Fsp3) is 0.0714. The SMILES string of the molecule is N=C(Nc1ccc(C(=O)O)cn1)c1ccccc1C(F)(F)F. The average Bonchev–Trinajstić information content (AvgIpc) is 2.47. The van der Waals surface area contributed by atoms with Gasteiger partial charge in [0.15, 0.2) is 0 Å². The molecule has 0 fully saturated rings. The average molecular weight is 309 g/mol. The van der Waals surface area contributed by atoms with Gasteiger partial charge in [-0.05, 0) is 18.2 Å². The van der Waals surface area contributed by atoms with Crippen LogP contribution < -0.4 is 5.32 Å². The zero-order valence-electron chi connectivity index (χ0n) is 11.0. The molecule has 0 amide bonds. The largest absolute Gasteiger partial charge is 0.478 e. The third-order valence-electron chi connectivity index (χ3n) is 2.77. The maximum Gasteiger partial charge on any atom is 0.417 e. The highest BCUT2D eigenvalue weighted by Gasteiger charge is 2.34. The van der Waals surface area contributed by atoms with Crippen LogP contribution in [0.5, 0.6) is 0 Å². The minimum Gasteiger partial charge on any atom is -0.478 e. The smallest absolute Gasteiger partial charge is 0.417 e. The summed E-state index contributed by atoms with van der Waals surface area (Å²) in [6.45, 7) is 0. The lowest BCUT2D eigenvalue weighted by Gasteiger charge is -2.14. The molecule has 5 nitrogen and oxygen atoms in total. The lowest BCUT2D eigenvalue weighted by Crippen LogP contribution is -2.19. The molecule has 0 atom stereocenters. The van der Waals surface area contributed by atoms with Crippen molar-refractivity contribution < 1.29 is 23.1 Å². The number of amidine groups is 1. The van der Waals surface area contributed by atoms with E-state index in [-0.39, 0.29) is 16.9 Å². The third-order valence-corrected chi connectivity index (χ3v) is 2.77. The summed E-state index contributed by atoms with van der Waals surface area (Å²) in [4.78, 5) is 14.4. The lowest BCUT2D eigenvalue weighted by molar-refractivity contribution is -0.137. The summed E-state index contributed by atoms with van der Waals surface area (Å²) in [5.41, 5.74) is -1.32. The van der Waals surface area contributed by atoms with Crippen molar-refractivity contribution >= 4 is 17.6 Å². The Kier molecular flexibility index (Phi) is 4.11. The first kappa shape index (κ1) is 15.5. The van der Waals surface area contributed by atoms with Gasteiger partial charge in [-0.3, -0.25) is 5.41 Å². The summed E-state index contributed by atoms with van der Waals surface area (Å²) in [5, 5.41) is 18.9. The van der Waals surface area contributed by atoms with E-state index in [4.69, 9.17) is 10.5 Å². The van der Waals surface area contributed by atoms with Crippen molar-refractivity contribution in [2.75, 3.05) is 5.32 Å². The molecule has 3 N–H and O–H groups in total. The first-order chi connectivity index (χ1) is 10.3. The van der Waals surface area contributed by atoms with E-state index >= 15 is 0 Å². The number of rotatable bonds is 3. The van der Waals surface area contributed by atoms with E-state index in [0.717, 1.165) is 12.3 Å². The summed E-state index contributed by atoms with van der Waals surface area (Å²) < 4.78 is 38.7. The molecule has 0 saturated heterocycles. The van der Waals surface area contributed by atoms with E-state index in [9.17, 15) is 18.0 Å². The zero-order chi connectivity index (χ0) is 16.3. The van der Waals surface area contributed by atoms with E-state index in [1.807, 2.05) is 0 Å². The Balaban J connectivity index is 2.25. The molecular weight excluding hydrogens is 299 g/mol. The number of halogens is 3. The van der Waals surface area contributed by atoms with Gasteiger partial charge in [0.25, 0.3) is 0 Å². The van der Waals surface area contributed by atoms with Crippen molar-refractivity contribution in [2.24, 2.45) is 0 Å². The molecule has 8 heteroatoms. The second kappa shape index (κ2) is 5.84.